The van der Waals surface area contributed by atoms with E-state index in [-0.39, 0.29) is 23.1 Å². The lowest BCUT2D eigenvalue weighted by Crippen LogP contribution is -2.45. The number of anilines is 1. The van der Waals surface area contributed by atoms with Crippen LogP contribution in [0.2, 0.25) is 0 Å². The molecule has 176 valence electrons. The Morgan fingerprint density at radius 2 is 1.91 bits per heavy atom. The molecule has 1 fully saturated rings. The maximum absolute atomic E-state index is 14.1. The summed E-state index contributed by atoms with van der Waals surface area (Å²) in [6.45, 7) is 0.849. The van der Waals surface area contributed by atoms with Crippen molar-refractivity contribution in [1.29, 1.82) is 0 Å². The van der Waals surface area contributed by atoms with Crippen LogP contribution in [0.5, 0.6) is 5.75 Å². The summed E-state index contributed by atoms with van der Waals surface area (Å²) in [6, 6.07) is 7.07. The lowest BCUT2D eigenvalue weighted by atomic mass is 10.0. The number of benzene rings is 1. The van der Waals surface area contributed by atoms with Crippen molar-refractivity contribution in [1.82, 2.24) is 19.9 Å². The van der Waals surface area contributed by atoms with Gasteiger partial charge in [0, 0.05) is 43.3 Å². The van der Waals surface area contributed by atoms with Crippen molar-refractivity contribution in [2.24, 2.45) is 0 Å². The summed E-state index contributed by atoms with van der Waals surface area (Å²) < 4.78 is 24.3. The van der Waals surface area contributed by atoms with E-state index in [0.717, 1.165) is 6.42 Å². The first-order valence-electron chi connectivity index (χ1n) is 10.8. The summed E-state index contributed by atoms with van der Waals surface area (Å²) >= 11 is 0. The number of amides is 1. The molecule has 1 amide bonds. The topological polar surface area (TPSA) is 107 Å². The minimum absolute atomic E-state index is 0.185. The second kappa shape index (κ2) is 10.2. The smallest absolute Gasteiger partial charge is 0.345 e. The molecule has 0 aliphatic carbocycles. The molecule has 1 N–H and O–H groups in total. The highest BCUT2D eigenvalue weighted by Crippen LogP contribution is 2.28. The molecule has 4 rings (SSSR count). The third-order valence-electron chi connectivity index (χ3n) is 5.59. The molecule has 1 aliphatic rings. The molecule has 3 aromatic rings. The van der Waals surface area contributed by atoms with Gasteiger partial charge in [0.25, 0.3) is 5.91 Å². The predicted octanol–water partition coefficient (Wildman–Crippen LogP) is 3.19. The summed E-state index contributed by atoms with van der Waals surface area (Å²) in [4.78, 5) is 40.1. The van der Waals surface area contributed by atoms with Crippen LogP contribution in [0.25, 0.3) is 11.4 Å². The Labute approximate surface area is 196 Å². The van der Waals surface area contributed by atoms with Gasteiger partial charge < -0.3 is 19.7 Å². The fourth-order valence-corrected chi connectivity index (χ4v) is 3.99. The van der Waals surface area contributed by atoms with Crippen molar-refractivity contribution in [2.45, 2.75) is 18.9 Å². The lowest BCUT2D eigenvalue weighted by molar-refractivity contribution is 0.0596. The SMILES string of the molecule is COC(=O)c1c(OC)ccnc1N[C@@H]1CCCN(C(=O)c2cc(F)ccc2-c2ncccn2)C1. The molecule has 0 spiro atoms. The minimum Gasteiger partial charge on any atom is -0.496 e. The van der Waals surface area contributed by atoms with Crippen LogP contribution in [-0.2, 0) is 4.74 Å². The van der Waals surface area contributed by atoms with E-state index in [4.69, 9.17) is 9.47 Å². The molecular weight excluding hydrogens is 441 g/mol. The molecule has 3 heterocycles. The number of carbonyl (C=O) groups is 2. The van der Waals surface area contributed by atoms with Gasteiger partial charge in [-0.2, -0.15) is 0 Å². The standard InChI is InChI=1S/C24H24FN5O4/c1-33-19-8-11-28-22(20(19)24(32)34-2)29-16-5-3-12-30(14-16)23(31)18-13-15(25)6-7-17(18)21-26-9-4-10-27-21/h4,6-11,13,16H,3,5,12,14H2,1-2H3,(H,28,29)/t16-/m1/s1. The maximum Gasteiger partial charge on any atom is 0.345 e. The van der Waals surface area contributed by atoms with E-state index < -0.39 is 11.8 Å². The van der Waals surface area contributed by atoms with Crippen molar-refractivity contribution >= 4 is 17.7 Å². The van der Waals surface area contributed by atoms with Crippen molar-refractivity contribution in [3.63, 3.8) is 0 Å². The van der Waals surface area contributed by atoms with Gasteiger partial charge in [-0.3, -0.25) is 4.79 Å². The van der Waals surface area contributed by atoms with E-state index in [1.807, 2.05) is 0 Å². The second-order valence-electron chi connectivity index (χ2n) is 7.73. The monoisotopic (exact) mass is 465 g/mol. The molecule has 10 heteroatoms. The molecule has 0 bridgehead atoms. The molecule has 0 saturated carbocycles. The maximum atomic E-state index is 14.1. The number of piperidine rings is 1. The summed E-state index contributed by atoms with van der Waals surface area (Å²) in [6.07, 6.45) is 6.13. The third kappa shape index (κ3) is 4.80. The van der Waals surface area contributed by atoms with Gasteiger partial charge in [0.1, 0.15) is 22.9 Å². The Morgan fingerprint density at radius 3 is 2.65 bits per heavy atom. The van der Waals surface area contributed by atoms with E-state index in [0.29, 0.717) is 42.5 Å². The Bertz CT molecular complexity index is 1190. The number of likely N-dealkylation sites (tertiary alicyclic amines) is 1. The summed E-state index contributed by atoms with van der Waals surface area (Å²) in [5.41, 5.74) is 0.843. The normalized spacial score (nSPS) is 15.5. The Hall–Kier alpha value is -4.08. The van der Waals surface area contributed by atoms with Crippen molar-refractivity contribution in [3.05, 3.63) is 65.9 Å². The first-order valence-corrected chi connectivity index (χ1v) is 10.8. The van der Waals surface area contributed by atoms with Crippen LogP contribution >= 0.6 is 0 Å². The molecule has 0 unspecified atom stereocenters. The fraction of sp³-hybridized carbons (Fsp3) is 0.292. The summed E-state index contributed by atoms with van der Waals surface area (Å²) in [7, 11) is 2.74. The molecule has 34 heavy (non-hydrogen) atoms. The van der Waals surface area contributed by atoms with Crippen molar-refractivity contribution < 1.29 is 23.5 Å². The number of nitrogens with zero attached hydrogens (tertiary/aromatic N) is 4. The molecule has 1 aliphatic heterocycles. The molecule has 9 nitrogen and oxygen atoms in total. The number of esters is 1. The Balaban J connectivity index is 1.58. The first kappa shape index (κ1) is 23.1. The zero-order valence-electron chi connectivity index (χ0n) is 18.8. The number of carbonyl (C=O) groups excluding carboxylic acids is 2. The molecule has 2 aromatic heterocycles. The van der Waals surface area contributed by atoms with Crippen LogP contribution in [0.3, 0.4) is 0 Å². The zero-order chi connectivity index (χ0) is 24.1. The van der Waals surface area contributed by atoms with Crippen LogP contribution in [0.15, 0.2) is 48.9 Å². The van der Waals surface area contributed by atoms with Crippen LogP contribution in [0, 0.1) is 5.82 Å². The Kier molecular flexibility index (Phi) is 6.95. The summed E-state index contributed by atoms with van der Waals surface area (Å²) in [5.74, 6) is -0.419. The van der Waals surface area contributed by atoms with Gasteiger partial charge in [-0.05, 0) is 43.2 Å². The first-order chi connectivity index (χ1) is 16.5. The van der Waals surface area contributed by atoms with Gasteiger partial charge >= 0.3 is 5.97 Å². The second-order valence-corrected chi connectivity index (χ2v) is 7.73. The van der Waals surface area contributed by atoms with Crippen LogP contribution in [0.1, 0.15) is 33.6 Å². The van der Waals surface area contributed by atoms with Crippen LogP contribution in [0.4, 0.5) is 10.2 Å². The lowest BCUT2D eigenvalue weighted by Gasteiger charge is -2.34. The minimum atomic E-state index is -0.580. The molecule has 1 atom stereocenters. The molecular formula is C24H24FN5O4. The Morgan fingerprint density at radius 1 is 1.12 bits per heavy atom. The number of methoxy groups -OCH3 is 2. The van der Waals surface area contributed by atoms with Crippen LogP contribution in [-0.4, -0.2) is 65.1 Å². The van der Waals surface area contributed by atoms with Gasteiger partial charge in [-0.25, -0.2) is 24.1 Å². The number of halogens is 1. The van der Waals surface area contributed by atoms with E-state index in [2.05, 4.69) is 20.3 Å². The molecule has 0 radical (unpaired) electrons. The fourth-order valence-electron chi connectivity index (χ4n) is 3.99. The number of hydrogen-bond acceptors (Lipinski definition) is 8. The summed E-state index contributed by atoms with van der Waals surface area (Å²) in [5, 5.41) is 3.25. The van der Waals surface area contributed by atoms with Crippen molar-refractivity contribution in [3.8, 4) is 17.1 Å². The van der Waals surface area contributed by atoms with E-state index in [1.165, 1.54) is 38.6 Å². The van der Waals surface area contributed by atoms with Gasteiger partial charge in [0.2, 0.25) is 0 Å². The van der Waals surface area contributed by atoms with Gasteiger partial charge in [-0.15, -0.1) is 0 Å². The quantitative estimate of drug-likeness (QED) is 0.553. The zero-order valence-corrected chi connectivity index (χ0v) is 18.8. The van der Waals surface area contributed by atoms with E-state index in [9.17, 15) is 14.0 Å². The molecule has 1 saturated heterocycles. The predicted molar refractivity (Wildman–Crippen MR) is 122 cm³/mol. The average molecular weight is 465 g/mol. The van der Waals surface area contributed by atoms with Gasteiger partial charge in [-0.1, -0.05) is 0 Å². The largest absolute Gasteiger partial charge is 0.496 e. The molecule has 1 aromatic carbocycles. The highest BCUT2D eigenvalue weighted by Gasteiger charge is 2.29. The number of ether oxygens (including phenoxy) is 2. The number of pyridine rings is 1. The highest BCUT2D eigenvalue weighted by molar-refractivity contribution is 6.00. The highest BCUT2D eigenvalue weighted by atomic mass is 19.1. The van der Waals surface area contributed by atoms with E-state index in [1.54, 1.807) is 29.4 Å². The number of aromatic nitrogens is 3. The van der Waals surface area contributed by atoms with Crippen molar-refractivity contribution in [2.75, 3.05) is 32.6 Å². The third-order valence-corrected chi connectivity index (χ3v) is 5.59. The number of hydrogen-bond donors (Lipinski definition) is 1. The van der Waals surface area contributed by atoms with Gasteiger partial charge in [0.05, 0.1) is 19.8 Å². The van der Waals surface area contributed by atoms with Crippen LogP contribution < -0.4 is 10.1 Å². The number of rotatable bonds is 6. The number of nitrogens with one attached hydrogen (secondary N) is 1. The van der Waals surface area contributed by atoms with E-state index >= 15 is 0 Å². The van der Waals surface area contributed by atoms with Gasteiger partial charge in [0.15, 0.2) is 5.82 Å². The average Bonchev–Trinajstić information content (AvgIpc) is 2.88.